The van der Waals surface area contributed by atoms with Gasteiger partial charge in [-0.15, -0.1) is 0 Å². The van der Waals surface area contributed by atoms with Crippen LogP contribution >= 0.6 is 12.2 Å². The van der Waals surface area contributed by atoms with Crippen LogP contribution in [0.5, 0.6) is 0 Å². The lowest BCUT2D eigenvalue weighted by Gasteiger charge is -2.28. The second-order valence-electron chi connectivity index (χ2n) is 3.91. The Kier molecular flexibility index (Phi) is 5.76. The molecular formula is C13H15N3O2S. The third-order valence-electron chi connectivity index (χ3n) is 2.58. The number of hydrogen-bond donors (Lipinski definition) is 2. The van der Waals surface area contributed by atoms with Gasteiger partial charge in [0, 0.05) is 12.2 Å². The monoisotopic (exact) mass is 277 g/mol. The van der Waals surface area contributed by atoms with E-state index in [4.69, 9.17) is 22.6 Å². The number of thiocarbonyl (C=S) groups is 1. The van der Waals surface area contributed by atoms with Crippen LogP contribution < -0.4 is 5.32 Å². The molecule has 0 aliphatic rings. The highest BCUT2D eigenvalue weighted by Crippen LogP contribution is 2.09. The summed E-state index contributed by atoms with van der Waals surface area (Å²) in [4.78, 5) is 12.5. The Bertz CT molecular complexity index is 484. The van der Waals surface area contributed by atoms with E-state index in [1.807, 2.05) is 36.4 Å². The SMILES string of the molecule is CC(C(=O)O)N(CCC#N)C(=S)Nc1ccccc1. The number of nitrogens with zero attached hydrogens (tertiary/aromatic N) is 2. The van der Waals surface area contributed by atoms with Crippen LogP contribution in [-0.2, 0) is 4.79 Å². The van der Waals surface area contributed by atoms with E-state index in [1.165, 1.54) is 4.90 Å². The number of benzene rings is 1. The third-order valence-corrected chi connectivity index (χ3v) is 2.91. The van der Waals surface area contributed by atoms with Gasteiger partial charge in [-0.1, -0.05) is 18.2 Å². The molecule has 2 N–H and O–H groups in total. The molecule has 0 spiro atoms. The molecule has 0 saturated heterocycles. The fourth-order valence-electron chi connectivity index (χ4n) is 1.49. The highest BCUT2D eigenvalue weighted by Gasteiger charge is 2.22. The smallest absolute Gasteiger partial charge is 0.326 e. The normalized spacial score (nSPS) is 11.2. The Morgan fingerprint density at radius 2 is 2.16 bits per heavy atom. The molecule has 0 aromatic heterocycles. The molecule has 0 fully saturated rings. The number of rotatable bonds is 5. The van der Waals surface area contributed by atoms with Crippen LogP contribution in [0.3, 0.4) is 0 Å². The Hall–Kier alpha value is -2.13. The molecule has 1 rings (SSSR count). The van der Waals surface area contributed by atoms with E-state index in [9.17, 15) is 4.79 Å². The molecule has 0 amide bonds. The van der Waals surface area contributed by atoms with Crippen molar-refractivity contribution >= 4 is 29.0 Å². The van der Waals surface area contributed by atoms with Gasteiger partial charge in [0.25, 0.3) is 0 Å². The summed E-state index contributed by atoms with van der Waals surface area (Å²) in [5.41, 5.74) is 0.784. The van der Waals surface area contributed by atoms with Gasteiger partial charge in [-0.05, 0) is 31.3 Å². The first kappa shape index (κ1) is 14.9. The van der Waals surface area contributed by atoms with Crippen molar-refractivity contribution < 1.29 is 9.90 Å². The van der Waals surface area contributed by atoms with Gasteiger partial charge < -0.3 is 15.3 Å². The van der Waals surface area contributed by atoms with Crippen molar-refractivity contribution in [1.82, 2.24) is 4.90 Å². The van der Waals surface area contributed by atoms with Crippen molar-refractivity contribution in [2.24, 2.45) is 0 Å². The average molecular weight is 277 g/mol. The molecule has 0 radical (unpaired) electrons. The maximum Gasteiger partial charge on any atom is 0.326 e. The minimum atomic E-state index is -0.977. The topological polar surface area (TPSA) is 76.4 Å². The second kappa shape index (κ2) is 7.34. The fourth-order valence-corrected chi connectivity index (χ4v) is 1.86. The lowest BCUT2D eigenvalue weighted by Crippen LogP contribution is -2.45. The zero-order valence-corrected chi connectivity index (χ0v) is 11.4. The second-order valence-corrected chi connectivity index (χ2v) is 4.30. The molecule has 1 unspecified atom stereocenters. The van der Waals surface area contributed by atoms with Gasteiger partial charge in [0.2, 0.25) is 0 Å². The summed E-state index contributed by atoms with van der Waals surface area (Å²) >= 11 is 5.21. The lowest BCUT2D eigenvalue weighted by atomic mass is 10.2. The molecule has 1 atom stereocenters. The van der Waals surface area contributed by atoms with Crippen molar-refractivity contribution in [3.8, 4) is 6.07 Å². The molecule has 0 bridgehead atoms. The minimum absolute atomic E-state index is 0.216. The third kappa shape index (κ3) is 4.56. The van der Waals surface area contributed by atoms with Gasteiger partial charge in [0.1, 0.15) is 6.04 Å². The Morgan fingerprint density at radius 3 is 2.68 bits per heavy atom. The van der Waals surface area contributed by atoms with Crippen molar-refractivity contribution in [3.63, 3.8) is 0 Å². The Balaban J connectivity index is 2.77. The minimum Gasteiger partial charge on any atom is -0.480 e. The fraction of sp³-hybridized carbons (Fsp3) is 0.308. The van der Waals surface area contributed by atoms with Crippen LogP contribution in [0.15, 0.2) is 30.3 Å². The van der Waals surface area contributed by atoms with E-state index in [-0.39, 0.29) is 13.0 Å². The zero-order chi connectivity index (χ0) is 14.3. The number of carbonyl (C=O) groups is 1. The first-order valence-corrected chi connectivity index (χ1v) is 6.19. The summed E-state index contributed by atoms with van der Waals surface area (Å²) in [6.45, 7) is 1.82. The van der Waals surface area contributed by atoms with E-state index in [2.05, 4.69) is 5.32 Å². The Morgan fingerprint density at radius 1 is 1.53 bits per heavy atom. The molecule has 1 aromatic carbocycles. The highest BCUT2D eigenvalue weighted by atomic mass is 32.1. The predicted octanol–water partition coefficient (Wildman–Crippen LogP) is 2.07. The van der Waals surface area contributed by atoms with Crippen LogP contribution in [0, 0.1) is 11.3 Å². The van der Waals surface area contributed by atoms with Gasteiger partial charge in [-0.2, -0.15) is 5.26 Å². The number of anilines is 1. The number of nitriles is 1. The van der Waals surface area contributed by atoms with Gasteiger partial charge in [0.05, 0.1) is 12.5 Å². The highest BCUT2D eigenvalue weighted by molar-refractivity contribution is 7.80. The van der Waals surface area contributed by atoms with Gasteiger partial charge >= 0.3 is 5.97 Å². The van der Waals surface area contributed by atoms with Crippen molar-refractivity contribution in [1.29, 1.82) is 5.26 Å². The van der Waals surface area contributed by atoms with Crippen molar-refractivity contribution in [3.05, 3.63) is 30.3 Å². The largest absolute Gasteiger partial charge is 0.480 e. The van der Waals surface area contributed by atoms with Crippen LogP contribution in [0.4, 0.5) is 5.69 Å². The van der Waals surface area contributed by atoms with E-state index < -0.39 is 12.0 Å². The standard InChI is InChI=1S/C13H15N3O2S/c1-10(12(17)18)16(9-5-8-14)13(19)15-11-6-3-2-4-7-11/h2-4,6-7,10H,5,9H2,1H3,(H,15,19)(H,17,18). The van der Waals surface area contributed by atoms with Crippen LogP contribution in [0.25, 0.3) is 0 Å². The zero-order valence-electron chi connectivity index (χ0n) is 10.5. The summed E-state index contributed by atoms with van der Waals surface area (Å²) in [6, 6.07) is 10.5. The summed E-state index contributed by atoms with van der Waals surface area (Å²) < 4.78 is 0. The summed E-state index contributed by atoms with van der Waals surface area (Å²) in [5, 5.41) is 20.9. The quantitative estimate of drug-likeness (QED) is 0.802. The molecule has 19 heavy (non-hydrogen) atoms. The molecule has 6 heteroatoms. The summed E-state index contributed by atoms with van der Waals surface area (Å²) in [5.74, 6) is -0.977. The number of hydrogen-bond acceptors (Lipinski definition) is 3. The number of nitrogens with one attached hydrogen (secondary N) is 1. The maximum atomic E-state index is 11.0. The van der Waals surface area contributed by atoms with Crippen molar-refractivity contribution in [2.75, 3.05) is 11.9 Å². The number of carboxylic acids is 1. The first-order chi connectivity index (χ1) is 9.06. The van der Waals surface area contributed by atoms with Gasteiger partial charge in [-0.25, -0.2) is 4.79 Å². The Labute approximate surface area is 117 Å². The van der Waals surface area contributed by atoms with Crippen LogP contribution in [0.2, 0.25) is 0 Å². The predicted molar refractivity (Wildman–Crippen MR) is 76.7 cm³/mol. The summed E-state index contributed by atoms with van der Waals surface area (Å²) in [7, 11) is 0. The average Bonchev–Trinajstić information content (AvgIpc) is 2.40. The molecule has 1 aromatic rings. The number of aliphatic carboxylic acids is 1. The van der Waals surface area contributed by atoms with Crippen LogP contribution in [-0.4, -0.2) is 33.7 Å². The molecule has 100 valence electrons. The first-order valence-electron chi connectivity index (χ1n) is 5.78. The summed E-state index contributed by atoms with van der Waals surface area (Å²) in [6.07, 6.45) is 0.216. The van der Waals surface area contributed by atoms with E-state index in [1.54, 1.807) is 6.92 Å². The maximum absolute atomic E-state index is 11.0. The molecule has 0 heterocycles. The number of carboxylic acid groups (broad SMARTS) is 1. The van der Waals surface area contributed by atoms with E-state index >= 15 is 0 Å². The van der Waals surface area contributed by atoms with Gasteiger partial charge in [0.15, 0.2) is 5.11 Å². The van der Waals surface area contributed by atoms with Crippen molar-refractivity contribution in [2.45, 2.75) is 19.4 Å². The molecular weight excluding hydrogens is 262 g/mol. The molecule has 5 nitrogen and oxygen atoms in total. The number of para-hydroxylation sites is 1. The lowest BCUT2D eigenvalue weighted by molar-refractivity contribution is -0.141. The van der Waals surface area contributed by atoms with E-state index in [0.717, 1.165) is 5.69 Å². The van der Waals surface area contributed by atoms with E-state index in [0.29, 0.717) is 5.11 Å². The molecule has 0 aliphatic heterocycles. The van der Waals surface area contributed by atoms with Gasteiger partial charge in [-0.3, -0.25) is 0 Å². The van der Waals surface area contributed by atoms with Crippen LogP contribution in [0.1, 0.15) is 13.3 Å². The molecule has 0 saturated carbocycles. The molecule has 0 aliphatic carbocycles.